The molecule has 0 saturated carbocycles. The highest BCUT2D eigenvalue weighted by Crippen LogP contribution is 2.29. The van der Waals surface area contributed by atoms with Crippen LogP contribution in [0.4, 0.5) is 13.2 Å². The van der Waals surface area contributed by atoms with Crippen molar-refractivity contribution in [2.75, 3.05) is 6.54 Å². The van der Waals surface area contributed by atoms with E-state index in [0.717, 1.165) is 29.9 Å². The van der Waals surface area contributed by atoms with Crippen LogP contribution in [-0.4, -0.2) is 24.1 Å². The summed E-state index contributed by atoms with van der Waals surface area (Å²) in [6.07, 6.45) is -3.39. The van der Waals surface area contributed by atoms with Crippen LogP contribution in [0.25, 0.3) is 0 Å². The summed E-state index contributed by atoms with van der Waals surface area (Å²) in [5, 5.41) is 0. The Bertz CT molecular complexity index is 1020. The van der Waals surface area contributed by atoms with Crippen molar-refractivity contribution < 1.29 is 21.6 Å². The highest BCUT2D eigenvalue weighted by atomic mass is 32.2. The van der Waals surface area contributed by atoms with Gasteiger partial charge in [-0.1, -0.05) is 12.1 Å². The smallest absolute Gasteiger partial charge is 0.302 e. The lowest BCUT2D eigenvalue weighted by Crippen LogP contribution is -2.41. The molecular formula is C15H16F3N3O4S. The molecule has 0 radical (unpaired) electrons. The predicted molar refractivity (Wildman–Crippen MR) is 87.3 cm³/mol. The number of hydrogen-bond acceptors (Lipinski definition) is 4. The van der Waals surface area contributed by atoms with Crippen molar-refractivity contribution in [1.29, 1.82) is 0 Å². The Morgan fingerprint density at radius 2 is 1.65 bits per heavy atom. The molecule has 0 spiro atoms. The molecule has 2 aromatic rings. The van der Waals surface area contributed by atoms with E-state index in [9.17, 15) is 31.2 Å². The molecule has 2 rings (SSSR count). The third kappa shape index (κ3) is 4.22. The predicted octanol–water partition coefficient (Wildman–Crippen LogP) is 0.624. The van der Waals surface area contributed by atoms with E-state index < -0.39 is 37.9 Å². The fraction of sp³-hybridized carbons (Fsp3) is 0.333. The SMILES string of the molecule is Cn1cc(S(=O)(=O)NCCc2ccc(C(F)(F)F)cc2)c(=O)n(C)c1=O. The lowest BCUT2D eigenvalue weighted by atomic mass is 10.1. The Hall–Kier alpha value is -2.40. The van der Waals surface area contributed by atoms with Crippen LogP contribution in [0.15, 0.2) is 44.9 Å². The maximum Gasteiger partial charge on any atom is 0.416 e. The zero-order chi connectivity index (χ0) is 19.7. The van der Waals surface area contributed by atoms with E-state index in [-0.39, 0.29) is 13.0 Å². The molecule has 1 aromatic heterocycles. The van der Waals surface area contributed by atoms with Crippen molar-refractivity contribution in [3.05, 3.63) is 62.4 Å². The molecular weight excluding hydrogens is 375 g/mol. The van der Waals surface area contributed by atoms with Gasteiger partial charge in [0.25, 0.3) is 5.56 Å². The van der Waals surface area contributed by atoms with E-state index >= 15 is 0 Å². The Morgan fingerprint density at radius 1 is 1.08 bits per heavy atom. The summed E-state index contributed by atoms with van der Waals surface area (Å²) in [5.74, 6) is 0. The molecule has 7 nitrogen and oxygen atoms in total. The summed E-state index contributed by atoms with van der Waals surface area (Å²) < 4.78 is 65.9. The Kier molecular flexibility index (Phi) is 5.42. The zero-order valence-electron chi connectivity index (χ0n) is 13.9. The quantitative estimate of drug-likeness (QED) is 0.809. The van der Waals surface area contributed by atoms with Crippen LogP contribution in [0, 0.1) is 0 Å². The highest BCUT2D eigenvalue weighted by Gasteiger charge is 2.29. The van der Waals surface area contributed by atoms with E-state index in [1.54, 1.807) is 0 Å². The van der Waals surface area contributed by atoms with Crippen LogP contribution in [-0.2, 0) is 36.7 Å². The molecule has 0 aliphatic heterocycles. The maximum absolute atomic E-state index is 12.5. The standard InChI is InChI=1S/C15H16F3N3O4S/c1-20-9-12(13(22)21(2)14(20)23)26(24,25)19-8-7-10-3-5-11(6-4-10)15(16,17)18/h3-6,9,19H,7-8H2,1-2H3. The molecule has 1 aromatic carbocycles. The Morgan fingerprint density at radius 3 is 2.19 bits per heavy atom. The minimum absolute atomic E-state index is 0.125. The van der Waals surface area contributed by atoms with E-state index in [0.29, 0.717) is 10.1 Å². The number of sulfonamides is 1. The van der Waals surface area contributed by atoms with E-state index in [1.807, 2.05) is 0 Å². The van der Waals surface area contributed by atoms with Gasteiger partial charge >= 0.3 is 11.9 Å². The number of halogens is 3. The molecule has 0 saturated heterocycles. The Labute approximate surface area is 146 Å². The maximum atomic E-state index is 12.5. The molecule has 0 atom stereocenters. The van der Waals surface area contributed by atoms with Crippen molar-refractivity contribution in [2.45, 2.75) is 17.5 Å². The molecule has 0 aliphatic rings. The lowest BCUT2D eigenvalue weighted by molar-refractivity contribution is -0.137. The summed E-state index contributed by atoms with van der Waals surface area (Å²) >= 11 is 0. The fourth-order valence-corrected chi connectivity index (χ4v) is 3.42. The first-order valence-electron chi connectivity index (χ1n) is 7.36. The zero-order valence-corrected chi connectivity index (χ0v) is 14.7. The van der Waals surface area contributed by atoms with Gasteiger partial charge in [0.15, 0.2) is 4.90 Å². The minimum atomic E-state index is -4.44. The normalized spacial score (nSPS) is 12.3. The lowest BCUT2D eigenvalue weighted by Gasteiger charge is -2.10. The van der Waals surface area contributed by atoms with Gasteiger partial charge in [-0.2, -0.15) is 13.2 Å². The van der Waals surface area contributed by atoms with Gasteiger partial charge in [-0.05, 0) is 24.1 Å². The summed E-state index contributed by atoms with van der Waals surface area (Å²) in [6.45, 7) is -0.125. The van der Waals surface area contributed by atoms with Crippen molar-refractivity contribution in [3.8, 4) is 0 Å². The number of aromatic nitrogens is 2. The van der Waals surface area contributed by atoms with Gasteiger partial charge in [0.05, 0.1) is 5.56 Å². The fourth-order valence-electron chi connectivity index (χ4n) is 2.23. The first-order chi connectivity index (χ1) is 11.9. The van der Waals surface area contributed by atoms with Crippen LogP contribution in [0.3, 0.4) is 0 Å². The van der Waals surface area contributed by atoms with Gasteiger partial charge in [-0.25, -0.2) is 17.9 Å². The van der Waals surface area contributed by atoms with Gasteiger partial charge in [0, 0.05) is 26.8 Å². The number of aryl methyl sites for hydroxylation is 1. The van der Waals surface area contributed by atoms with Crippen molar-refractivity contribution in [2.24, 2.45) is 14.1 Å². The van der Waals surface area contributed by atoms with Gasteiger partial charge in [-0.3, -0.25) is 9.36 Å². The van der Waals surface area contributed by atoms with Crippen LogP contribution >= 0.6 is 0 Å². The van der Waals surface area contributed by atoms with Gasteiger partial charge < -0.3 is 4.57 Å². The Balaban J connectivity index is 2.12. The second-order valence-corrected chi connectivity index (χ2v) is 7.33. The van der Waals surface area contributed by atoms with E-state index in [4.69, 9.17) is 0 Å². The van der Waals surface area contributed by atoms with Crippen molar-refractivity contribution in [3.63, 3.8) is 0 Å². The van der Waals surface area contributed by atoms with E-state index in [1.165, 1.54) is 19.2 Å². The van der Waals surface area contributed by atoms with Crippen LogP contribution < -0.4 is 16.0 Å². The molecule has 142 valence electrons. The van der Waals surface area contributed by atoms with Gasteiger partial charge in [-0.15, -0.1) is 0 Å². The first-order valence-corrected chi connectivity index (χ1v) is 8.84. The van der Waals surface area contributed by atoms with Crippen LogP contribution in [0.5, 0.6) is 0 Å². The summed E-state index contributed by atoms with van der Waals surface area (Å²) in [6, 6.07) is 4.32. The number of nitrogens with zero attached hydrogens (tertiary/aromatic N) is 2. The van der Waals surface area contributed by atoms with Gasteiger partial charge in [0.1, 0.15) is 0 Å². The van der Waals surface area contributed by atoms with Crippen LogP contribution in [0.2, 0.25) is 0 Å². The molecule has 0 aliphatic carbocycles. The third-order valence-electron chi connectivity index (χ3n) is 3.69. The first kappa shape index (κ1) is 19.9. The number of benzene rings is 1. The summed E-state index contributed by atoms with van der Waals surface area (Å²) in [7, 11) is -1.71. The summed E-state index contributed by atoms with van der Waals surface area (Å²) in [4.78, 5) is 23.0. The number of nitrogens with one attached hydrogen (secondary N) is 1. The monoisotopic (exact) mass is 391 g/mol. The van der Waals surface area contributed by atoms with Crippen molar-refractivity contribution >= 4 is 10.0 Å². The number of alkyl halides is 3. The average Bonchev–Trinajstić information content (AvgIpc) is 2.55. The molecule has 0 amide bonds. The highest BCUT2D eigenvalue weighted by molar-refractivity contribution is 7.89. The molecule has 0 bridgehead atoms. The second-order valence-electron chi connectivity index (χ2n) is 5.59. The largest absolute Gasteiger partial charge is 0.416 e. The topological polar surface area (TPSA) is 90.2 Å². The van der Waals surface area contributed by atoms with Crippen LogP contribution in [0.1, 0.15) is 11.1 Å². The molecule has 1 heterocycles. The number of hydrogen-bond donors (Lipinski definition) is 1. The molecule has 26 heavy (non-hydrogen) atoms. The third-order valence-corrected chi connectivity index (χ3v) is 5.13. The van der Waals surface area contributed by atoms with Crippen molar-refractivity contribution in [1.82, 2.24) is 13.9 Å². The summed E-state index contributed by atoms with van der Waals surface area (Å²) in [5.41, 5.74) is -1.93. The molecule has 0 fully saturated rings. The van der Waals surface area contributed by atoms with E-state index in [2.05, 4.69) is 4.72 Å². The minimum Gasteiger partial charge on any atom is -0.302 e. The van der Waals surface area contributed by atoms with Gasteiger partial charge in [0.2, 0.25) is 10.0 Å². The molecule has 0 unspecified atom stereocenters. The number of rotatable bonds is 5. The average molecular weight is 391 g/mol. The molecule has 1 N–H and O–H groups in total. The second kappa shape index (κ2) is 7.08. The molecule has 11 heteroatoms.